The number of fused-ring (bicyclic) bond motifs is 3. The highest BCUT2D eigenvalue weighted by molar-refractivity contribution is 6.11. The van der Waals surface area contributed by atoms with Gasteiger partial charge in [0.15, 0.2) is 0 Å². The molecule has 168 valence electrons. The maximum atomic E-state index is 13.4. The van der Waals surface area contributed by atoms with Gasteiger partial charge in [0.1, 0.15) is 12.2 Å². The molecular formula is C25H30N4O3. The van der Waals surface area contributed by atoms with Crippen LogP contribution in [0.3, 0.4) is 0 Å². The molecule has 0 saturated carbocycles. The number of anilines is 1. The van der Waals surface area contributed by atoms with Gasteiger partial charge in [-0.3, -0.25) is 19.3 Å². The van der Waals surface area contributed by atoms with Crippen molar-refractivity contribution in [3.63, 3.8) is 0 Å². The number of hydrogen-bond acceptors (Lipinski definition) is 4. The Morgan fingerprint density at radius 3 is 2.50 bits per heavy atom. The lowest BCUT2D eigenvalue weighted by Gasteiger charge is -2.48. The van der Waals surface area contributed by atoms with Crippen molar-refractivity contribution in [2.75, 3.05) is 32.1 Å². The first-order valence-corrected chi connectivity index (χ1v) is 11.0. The minimum atomic E-state index is -0.837. The maximum Gasteiger partial charge on any atom is 0.258 e. The molecule has 2 aliphatic rings. The maximum absolute atomic E-state index is 13.4. The summed E-state index contributed by atoms with van der Waals surface area (Å²) in [6, 6.07) is 17.1. The normalized spacial score (nSPS) is 20.9. The van der Waals surface area contributed by atoms with Crippen molar-refractivity contribution in [2.45, 2.75) is 37.9 Å². The monoisotopic (exact) mass is 434 g/mol. The zero-order valence-electron chi connectivity index (χ0n) is 18.9. The Bertz CT molecular complexity index is 1020. The molecular weight excluding hydrogens is 404 g/mol. The number of carbonyl (C=O) groups is 3. The van der Waals surface area contributed by atoms with E-state index in [-0.39, 0.29) is 30.3 Å². The molecule has 2 aliphatic heterocycles. The number of likely N-dealkylation sites (N-methyl/N-ethyl adjacent to an activating group) is 1. The number of amides is 3. The highest BCUT2D eigenvalue weighted by Gasteiger charge is 2.53. The fourth-order valence-electron chi connectivity index (χ4n) is 4.86. The van der Waals surface area contributed by atoms with Crippen LogP contribution in [0.1, 0.15) is 35.7 Å². The average molecular weight is 435 g/mol. The Hall–Kier alpha value is -3.19. The smallest absolute Gasteiger partial charge is 0.258 e. The number of carbonyl (C=O) groups excluding carboxylic acids is 3. The van der Waals surface area contributed by atoms with Gasteiger partial charge in [-0.05, 0) is 51.6 Å². The summed E-state index contributed by atoms with van der Waals surface area (Å²) in [6.45, 7) is 2.46. The number of rotatable bonds is 7. The standard InChI is InChI=1S/C25H30N4O3/c1-25-14-13-23(31)29(25)21-12-8-7-11-20(21)24(32)28(25)17-22(30)26-19(16-27(2)3)15-18-9-5-4-6-10-18/h4-12,19H,13-17H2,1-3H3,(H,26,30). The van der Waals surface area contributed by atoms with Crippen molar-refractivity contribution in [1.29, 1.82) is 0 Å². The number of benzene rings is 2. The Morgan fingerprint density at radius 2 is 1.78 bits per heavy atom. The molecule has 0 radical (unpaired) electrons. The van der Waals surface area contributed by atoms with E-state index >= 15 is 0 Å². The first-order chi connectivity index (χ1) is 15.3. The summed E-state index contributed by atoms with van der Waals surface area (Å²) in [5, 5.41) is 3.12. The van der Waals surface area contributed by atoms with Crippen molar-refractivity contribution in [3.8, 4) is 0 Å². The van der Waals surface area contributed by atoms with Gasteiger partial charge in [0.25, 0.3) is 5.91 Å². The van der Waals surface area contributed by atoms with E-state index in [0.717, 1.165) is 5.56 Å². The lowest BCUT2D eigenvalue weighted by Crippen LogP contribution is -2.64. The molecule has 2 atom stereocenters. The van der Waals surface area contributed by atoms with Gasteiger partial charge >= 0.3 is 0 Å². The molecule has 2 unspecified atom stereocenters. The molecule has 2 aromatic carbocycles. The van der Waals surface area contributed by atoms with Crippen molar-refractivity contribution in [2.24, 2.45) is 0 Å². The van der Waals surface area contributed by atoms with E-state index in [0.29, 0.717) is 37.1 Å². The predicted octanol–water partition coefficient (Wildman–Crippen LogP) is 2.27. The molecule has 4 rings (SSSR count). The zero-order chi connectivity index (χ0) is 22.9. The summed E-state index contributed by atoms with van der Waals surface area (Å²) in [4.78, 5) is 44.5. The van der Waals surface area contributed by atoms with Crippen LogP contribution in [-0.2, 0) is 16.0 Å². The molecule has 2 aromatic rings. The summed E-state index contributed by atoms with van der Waals surface area (Å²) in [6.07, 6.45) is 1.56. The van der Waals surface area contributed by atoms with E-state index in [1.165, 1.54) is 0 Å². The summed E-state index contributed by atoms with van der Waals surface area (Å²) in [5.74, 6) is -0.454. The molecule has 32 heavy (non-hydrogen) atoms. The zero-order valence-corrected chi connectivity index (χ0v) is 18.9. The van der Waals surface area contributed by atoms with Crippen LogP contribution in [0.2, 0.25) is 0 Å². The topological polar surface area (TPSA) is 73.0 Å². The van der Waals surface area contributed by atoms with E-state index in [9.17, 15) is 14.4 Å². The van der Waals surface area contributed by atoms with Crippen LogP contribution in [0.25, 0.3) is 0 Å². The lowest BCUT2D eigenvalue weighted by atomic mass is 9.98. The van der Waals surface area contributed by atoms with Gasteiger partial charge in [-0.2, -0.15) is 0 Å². The first-order valence-electron chi connectivity index (χ1n) is 11.0. The second kappa shape index (κ2) is 8.74. The third-order valence-corrected chi connectivity index (χ3v) is 6.32. The van der Waals surface area contributed by atoms with Gasteiger partial charge in [-0.25, -0.2) is 0 Å². The van der Waals surface area contributed by atoms with Crippen LogP contribution >= 0.6 is 0 Å². The van der Waals surface area contributed by atoms with E-state index in [1.54, 1.807) is 28.0 Å². The molecule has 0 spiro atoms. The molecule has 7 nitrogen and oxygen atoms in total. The summed E-state index contributed by atoms with van der Waals surface area (Å²) >= 11 is 0. The minimum Gasteiger partial charge on any atom is -0.350 e. The second-order valence-electron chi connectivity index (χ2n) is 9.07. The van der Waals surface area contributed by atoms with E-state index in [4.69, 9.17) is 0 Å². The van der Waals surface area contributed by atoms with Gasteiger partial charge in [0, 0.05) is 19.0 Å². The molecule has 0 aliphatic carbocycles. The molecule has 1 saturated heterocycles. The van der Waals surface area contributed by atoms with Gasteiger partial charge in [-0.15, -0.1) is 0 Å². The highest BCUT2D eigenvalue weighted by atomic mass is 16.2. The summed E-state index contributed by atoms with van der Waals surface area (Å²) in [5.41, 5.74) is 1.40. The van der Waals surface area contributed by atoms with Crippen molar-refractivity contribution in [3.05, 3.63) is 65.7 Å². The number of hydrogen-bond donors (Lipinski definition) is 1. The Balaban J connectivity index is 1.55. The van der Waals surface area contributed by atoms with Gasteiger partial charge in [-0.1, -0.05) is 42.5 Å². The molecule has 3 amide bonds. The van der Waals surface area contributed by atoms with Crippen molar-refractivity contribution in [1.82, 2.24) is 15.1 Å². The Morgan fingerprint density at radius 1 is 1.09 bits per heavy atom. The SMILES string of the molecule is CN(C)CC(Cc1ccccc1)NC(=O)CN1C(=O)c2ccccc2N2C(=O)CCC12C. The van der Waals surface area contributed by atoms with E-state index < -0.39 is 5.66 Å². The molecule has 2 heterocycles. The predicted molar refractivity (Wildman–Crippen MR) is 123 cm³/mol. The molecule has 7 heteroatoms. The summed E-state index contributed by atoms with van der Waals surface area (Å²) < 4.78 is 0. The Labute approximate surface area is 189 Å². The number of nitrogens with zero attached hydrogens (tertiary/aromatic N) is 3. The molecule has 0 aromatic heterocycles. The fraction of sp³-hybridized carbons (Fsp3) is 0.400. The third kappa shape index (κ3) is 4.12. The fourth-order valence-corrected chi connectivity index (χ4v) is 4.86. The average Bonchev–Trinajstić information content (AvgIpc) is 3.07. The van der Waals surface area contributed by atoms with Crippen molar-refractivity contribution < 1.29 is 14.4 Å². The summed E-state index contributed by atoms with van der Waals surface area (Å²) in [7, 11) is 3.94. The lowest BCUT2D eigenvalue weighted by molar-refractivity contribution is -0.124. The van der Waals surface area contributed by atoms with Gasteiger partial charge in [0.05, 0.1) is 11.3 Å². The second-order valence-corrected chi connectivity index (χ2v) is 9.07. The highest BCUT2D eigenvalue weighted by Crippen LogP contribution is 2.43. The van der Waals surface area contributed by atoms with Crippen LogP contribution in [0, 0.1) is 0 Å². The molecule has 1 N–H and O–H groups in total. The van der Waals surface area contributed by atoms with Crippen LogP contribution in [0.4, 0.5) is 5.69 Å². The minimum absolute atomic E-state index is 0.0209. The van der Waals surface area contributed by atoms with Crippen LogP contribution in [0.5, 0.6) is 0 Å². The number of para-hydroxylation sites is 1. The van der Waals surface area contributed by atoms with Crippen LogP contribution in [0.15, 0.2) is 54.6 Å². The van der Waals surface area contributed by atoms with Gasteiger partial charge in [0.2, 0.25) is 11.8 Å². The Kier molecular flexibility index (Phi) is 6.02. The largest absolute Gasteiger partial charge is 0.350 e. The van der Waals surface area contributed by atoms with Crippen LogP contribution < -0.4 is 10.2 Å². The molecule has 0 bridgehead atoms. The quantitative estimate of drug-likeness (QED) is 0.726. The van der Waals surface area contributed by atoms with E-state index in [2.05, 4.69) is 5.32 Å². The van der Waals surface area contributed by atoms with Crippen molar-refractivity contribution >= 4 is 23.4 Å². The van der Waals surface area contributed by atoms with Crippen LogP contribution in [-0.4, -0.2) is 66.4 Å². The van der Waals surface area contributed by atoms with Gasteiger partial charge < -0.3 is 15.1 Å². The first kappa shape index (κ1) is 22.0. The number of nitrogens with one attached hydrogen (secondary N) is 1. The molecule has 1 fully saturated rings. The third-order valence-electron chi connectivity index (χ3n) is 6.32. The van der Waals surface area contributed by atoms with E-state index in [1.807, 2.05) is 62.3 Å².